The summed E-state index contributed by atoms with van der Waals surface area (Å²) in [5.74, 6) is 0. The Bertz CT molecular complexity index is 636. The van der Waals surface area contributed by atoms with E-state index in [0.29, 0.717) is 18.8 Å². The van der Waals surface area contributed by atoms with Crippen molar-refractivity contribution in [3.05, 3.63) is 60.2 Å². The Balaban J connectivity index is 1.28. The molecule has 2 atom stereocenters. The van der Waals surface area contributed by atoms with E-state index in [2.05, 4.69) is 38.0 Å². The largest absolute Gasteiger partial charge is 0.372 e. The van der Waals surface area contributed by atoms with Crippen LogP contribution in [0.4, 0.5) is 0 Å². The van der Waals surface area contributed by atoms with Gasteiger partial charge in [0.2, 0.25) is 0 Å². The summed E-state index contributed by atoms with van der Waals surface area (Å²) >= 11 is 0. The van der Waals surface area contributed by atoms with Crippen molar-refractivity contribution < 1.29 is 4.74 Å². The summed E-state index contributed by atoms with van der Waals surface area (Å²) in [7, 11) is 0. The molecule has 2 aliphatic heterocycles. The minimum absolute atomic E-state index is 0.344. The van der Waals surface area contributed by atoms with Crippen LogP contribution in [-0.4, -0.2) is 58.1 Å². The molecule has 2 unspecified atom stereocenters. The molecule has 0 aromatic carbocycles. The minimum Gasteiger partial charge on any atom is -0.372 e. The van der Waals surface area contributed by atoms with Gasteiger partial charge in [-0.3, -0.25) is 19.8 Å². The van der Waals surface area contributed by atoms with E-state index in [1.165, 1.54) is 5.56 Å². The standard InChI is InChI=1S/C19H24N4O/c1-2-17(11-21-5-1)15-24-19-10-18-13-22(8-9-23(18)14-19)12-16-3-6-20-7-4-16/h1-7,11,18-19H,8-10,12-15H2. The lowest BCUT2D eigenvalue weighted by Crippen LogP contribution is -2.49. The fourth-order valence-electron chi connectivity index (χ4n) is 3.77. The second-order valence-corrected chi connectivity index (χ2v) is 6.77. The van der Waals surface area contributed by atoms with Gasteiger partial charge in [-0.15, -0.1) is 0 Å². The molecule has 2 fully saturated rings. The SMILES string of the molecule is c1cncc(COC2CC3CN(Cc4ccncc4)CCN3C2)c1. The lowest BCUT2D eigenvalue weighted by Gasteiger charge is -2.37. The van der Waals surface area contributed by atoms with Gasteiger partial charge in [-0.05, 0) is 35.7 Å². The Morgan fingerprint density at radius 1 is 1.00 bits per heavy atom. The molecule has 24 heavy (non-hydrogen) atoms. The zero-order chi connectivity index (χ0) is 16.2. The summed E-state index contributed by atoms with van der Waals surface area (Å²) in [6, 6.07) is 8.89. The Hall–Kier alpha value is -1.82. The van der Waals surface area contributed by atoms with Crippen molar-refractivity contribution in [2.75, 3.05) is 26.2 Å². The predicted octanol–water partition coefficient (Wildman–Crippen LogP) is 1.95. The number of ether oxygens (including phenoxy) is 1. The third-order valence-corrected chi connectivity index (χ3v) is 5.03. The highest BCUT2D eigenvalue weighted by Crippen LogP contribution is 2.25. The van der Waals surface area contributed by atoms with Gasteiger partial charge in [-0.2, -0.15) is 0 Å². The number of fused-ring (bicyclic) bond motifs is 1. The van der Waals surface area contributed by atoms with Gasteiger partial charge >= 0.3 is 0 Å². The number of aromatic nitrogens is 2. The first kappa shape index (κ1) is 15.7. The van der Waals surface area contributed by atoms with Crippen molar-refractivity contribution in [1.29, 1.82) is 0 Å². The van der Waals surface area contributed by atoms with Gasteiger partial charge in [0.05, 0.1) is 12.7 Å². The first-order valence-corrected chi connectivity index (χ1v) is 8.72. The zero-order valence-corrected chi connectivity index (χ0v) is 13.9. The minimum atomic E-state index is 0.344. The van der Waals surface area contributed by atoms with Crippen LogP contribution in [0.1, 0.15) is 17.5 Å². The molecule has 2 saturated heterocycles. The number of rotatable bonds is 5. The lowest BCUT2D eigenvalue weighted by molar-refractivity contribution is 0.0457. The molecule has 2 aromatic heterocycles. The highest BCUT2D eigenvalue weighted by Gasteiger charge is 2.36. The molecule has 5 nitrogen and oxygen atoms in total. The predicted molar refractivity (Wildman–Crippen MR) is 92.3 cm³/mol. The lowest BCUT2D eigenvalue weighted by atomic mass is 10.1. The molecular weight excluding hydrogens is 300 g/mol. The van der Waals surface area contributed by atoms with Crippen LogP contribution < -0.4 is 0 Å². The maximum Gasteiger partial charge on any atom is 0.0736 e. The molecule has 2 aromatic rings. The van der Waals surface area contributed by atoms with Crippen molar-refractivity contribution >= 4 is 0 Å². The van der Waals surface area contributed by atoms with Crippen LogP contribution in [0.2, 0.25) is 0 Å². The summed E-state index contributed by atoms with van der Waals surface area (Å²) in [5.41, 5.74) is 2.50. The highest BCUT2D eigenvalue weighted by molar-refractivity contribution is 5.10. The zero-order valence-electron chi connectivity index (χ0n) is 13.9. The monoisotopic (exact) mass is 324 g/mol. The molecule has 0 N–H and O–H groups in total. The van der Waals surface area contributed by atoms with Gasteiger partial charge in [-0.25, -0.2) is 0 Å². The third kappa shape index (κ3) is 3.80. The normalized spacial score (nSPS) is 24.8. The molecule has 0 radical (unpaired) electrons. The van der Waals surface area contributed by atoms with Gasteiger partial charge in [0, 0.05) is 63.6 Å². The molecule has 0 aliphatic carbocycles. The highest BCUT2D eigenvalue weighted by atomic mass is 16.5. The summed E-state index contributed by atoms with van der Waals surface area (Å²) in [5, 5.41) is 0. The number of pyridine rings is 2. The van der Waals surface area contributed by atoms with Crippen LogP contribution in [0.15, 0.2) is 49.1 Å². The van der Waals surface area contributed by atoms with Crippen LogP contribution in [0.5, 0.6) is 0 Å². The summed E-state index contributed by atoms with van der Waals surface area (Å²) < 4.78 is 6.13. The first-order chi connectivity index (χ1) is 11.9. The second-order valence-electron chi connectivity index (χ2n) is 6.77. The van der Waals surface area contributed by atoms with Gasteiger partial charge in [0.25, 0.3) is 0 Å². The molecule has 126 valence electrons. The molecule has 2 aliphatic rings. The quantitative estimate of drug-likeness (QED) is 0.841. The Morgan fingerprint density at radius 2 is 1.92 bits per heavy atom. The maximum absolute atomic E-state index is 6.13. The molecule has 0 bridgehead atoms. The second kappa shape index (κ2) is 7.38. The number of piperazine rings is 1. The van der Waals surface area contributed by atoms with E-state index in [4.69, 9.17) is 4.74 Å². The van der Waals surface area contributed by atoms with Crippen LogP contribution >= 0.6 is 0 Å². The maximum atomic E-state index is 6.13. The average Bonchev–Trinajstić information content (AvgIpc) is 3.04. The van der Waals surface area contributed by atoms with E-state index in [-0.39, 0.29) is 0 Å². The summed E-state index contributed by atoms with van der Waals surface area (Å²) in [6.45, 7) is 6.16. The summed E-state index contributed by atoms with van der Waals surface area (Å²) in [6.07, 6.45) is 8.92. The molecule has 5 heteroatoms. The van der Waals surface area contributed by atoms with Crippen LogP contribution in [0.3, 0.4) is 0 Å². The number of hydrogen-bond donors (Lipinski definition) is 0. The van der Waals surface area contributed by atoms with E-state index in [9.17, 15) is 0 Å². The summed E-state index contributed by atoms with van der Waals surface area (Å²) in [4.78, 5) is 13.4. The first-order valence-electron chi connectivity index (χ1n) is 8.72. The van der Waals surface area contributed by atoms with Crippen molar-refractivity contribution in [1.82, 2.24) is 19.8 Å². The Kier molecular flexibility index (Phi) is 4.83. The van der Waals surface area contributed by atoms with Gasteiger partial charge in [0.1, 0.15) is 0 Å². The van der Waals surface area contributed by atoms with E-state index in [1.54, 1.807) is 6.20 Å². The van der Waals surface area contributed by atoms with Gasteiger partial charge < -0.3 is 4.74 Å². The average molecular weight is 324 g/mol. The van der Waals surface area contributed by atoms with E-state index >= 15 is 0 Å². The van der Waals surface area contributed by atoms with Crippen LogP contribution in [0, 0.1) is 0 Å². The fraction of sp³-hybridized carbons (Fsp3) is 0.474. The molecule has 4 rings (SSSR count). The topological polar surface area (TPSA) is 41.5 Å². The molecule has 0 saturated carbocycles. The Morgan fingerprint density at radius 3 is 2.75 bits per heavy atom. The van der Waals surface area contributed by atoms with Crippen LogP contribution in [0.25, 0.3) is 0 Å². The Labute approximate surface area is 143 Å². The van der Waals surface area contributed by atoms with Crippen molar-refractivity contribution in [2.24, 2.45) is 0 Å². The molecule has 4 heterocycles. The van der Waals surface area contributed by atoms with Crippen molar-refractivity contribution in [3.8, 4) is 0 Å². The number of hydrogen-bond acceptors (Lipinski definition) is 5. The van der Waals surface area contributed by atoms with Crippen LogP contribution in [-0.2, 0) is 17.9 Å². The molecular formula is C19H24N4O. The van der Waals surface area contributed by atoms with Crippen molar-refractivity contribution in [2.45, 2.75) is 31.7 Å². The van der Waals surface area contributed by atoms with Gasteiger partial charge in [0.15, 0.2) is 0 Å². The smallest absolute Gasteiger partial charge is 0.0736 e. The van der Waals surface area contributed by atoms with Crippen molar-refractivity contribution in [3.63, 3.8) is 0 Å². The van der Waals surface area contributed by atoms with Gasteiger partial charge in [-0.1, -0.05) is 6.07 Å². The number of nitrogens with zero attached hydrogens (tertiary/aromatic N) is 4. The van der Waals surface area contributed by atoms with E-state index in [0.717, 1.165) is 44.7 Å². The fourth-order valence-corrected chi connectivity index (χ4v) is 3.77. The third-order valence-electron chi connectivity index (χ3n) is 5.03. The van der Waals surface area contributed by atoms with E-state index < -0.39 is 0 Å². The molecule has 0 amide bonds. The van der Waals surface area contributed by atoms with E-state index in [1.807, 2.05) is 24.7 Å². The molecule has 0 spiro atoms.